The maximum atomic E-state index is 7.14. The zero-order chi connectivity index (χ0) is 10.8. The van der Waals surface area contributed by atoms with Crippen LogP contribution < -0.4 is 0 Å². The van der Waals surface area contributed by atoms with Gasteiger partial charge >= 0.3 is 0 Å². The number of rotatable bonds is 2. The highest BCUT2D eigenvalue weighted by Gasteiger charge is 2.20. The lowest BCUT2D eigenvalue weighted by Crippen LogP contribution is -2.18. The lowest BCUT2D eigenvalue weighted by molar-refractivity contribution is 0.540. The van der Waals surface area contributed by atoms with Crippen molar-refractivity contribution < 1.29 is 0 Å². The predicted octanol–water partition coefficient (Wildman–Crippen LogP) is 3.70. The van der Waals surface area contributed by atoms with Crippen molar-refractivity contribution in [3.8, 4) is 0 Å². The highest BCUT2D eigenvalue weighted by molar-refractivity contribution is 5.39. The van der Waals surface area contributed by atoms with Crippen LogP contribution in [0.3, 0.4) is 0 Å². The number of fused-ring (bicyclic) bond motifs is 1. The molecule has 1 aromatic carbocycles. The lowest BCUT2D eigenvalue weighted by atomic mass is 9.83. The van der Waals surface area contributed by atoms with E-state index in [1.807, 2.05) is 0 Å². The molecule has 0 heterocycles. The van der Waals surface area contributed by atoms with Gasteiger partial charge in [0.2, 0.25) is 0 Å². The van der Waals surface area contributed by atoms with Crippen molar-refractivity contribution in [3.05, 3.63) is 34.9 Å². The second-order valence-electron chi connectivity index (χ2n) is 4.67. The molecule has 2 heteroatoms. The van der Waals surface area contributed by atoms with Gasteiger partial charge in [-0.25, -0.2) is 5.53 Å². The standard InChI is InChI=1S/C13H18N2/c1-9(2)12-5-3-4-10-6-7-11(15-14)8-13(10)12/h3-5,9,11,14H,6-8H2,1-2H3. The second-order valence-corrected chi connectivity index (χ2v) is 4.67. The minimum absolute atomic E-state index is 0.220. The quantitative estimate of drug-likeness (QED) is 0.710. The van der Waals surface area contributed by atoms with Gasteiger partial charge in [-0.05, 0) is 41.9 Å². The summed E-state index contributed by atoms with van der Waals surface area (Å²) in [7, 11) is 0. The van der Waals surface area contributed by atoms with Gasteiger partial charge in [0.15, 0.2) is 0 Å². The van der Waals surface area contributed by atoms with Crippen LogP contribution in [0.15, 0.2) is 23.3 Å². The van der Waals surface area contributed by atoms with Gasteiger partial charge in [0.25, 0.3) is 0 Å². The highest BCUT2D eigenvalue weighted by Crippen LogP contribution is 2.29. The van der Waals surface area contributed by atoms with Crippen molar-refractivity contribution in [3.63, 3.8) is 0 Å². The molecule has 0 saturated heterocycles. The molecule has 0 aromatic heterocycles. The average Bonchev–Trinajstić information content (AvgIpc) is 2.27. The van der Waals surface area contributed by atoms with E-state index in [4.69, 9.17) is 5.53 Å². The van der Waals surface area contributed by atoms with Gasteiger partial charge in [-0.3, -0.25) is 0 Å². The molecule has 0 amide bonds. The number of nitrogens with zero attached hydrogens (tertiary/aromatic N) is 1. The van der Waals surface area contributed by atoms with Crippen LogP contribution in [0.1, 0.15) is 42.9 Å². The van der Waals surface area contributed by atoms with Gasteiger partial charge in [0, 0.05) is 0 Å². The Balaban J connectivity index is 2.40. The zero-order valence-electron chi connectivity index (χ0n) is 9.46. The zero-order valence-corrected chi connectivity index (χ0v) is 9.46. The first-order valence-electron chi connectivity index (χ1n) is 5.69. The van der Waals surface area contributed by atoms with Gasteiger partial charge < -0.3 is 0 Å². The Kier molecular flexibility index (Phi) is 2.85. The predicted molar refractivity (Wildman–Crippen MR) is 61.5 cm³/mol. The van der Waals surface area contributed by atoms with Crippen LogP contribution in [0.2, 0.25) is 0 Å². The number of nitrogens with one attached hydrogen (secondary N) is 1. The van der Waals surface area contributed by atoms with Crippen molar-refractivity contribution in [2.75, 3.05) is 0 Å². The molecule has 1 N–H and O–H groups in total. The van der Waals surface area contributed by atoms with Crippen molar-refractivity contribution >= 4 is 0 Å². The summed E-state index contributed by atoms with van der Waals surface area (Å²) >= 11 is 0. The van der Waals surface area contributed by atoms with Crippen molar-refractivity contribution in [2.24, 2.45) is 5.11 Å². The van der Waals surface area contributed by atoms with Crippen LogP contribution in [0.25, 0.3) is 0 Å². The summed E-state index contributed by atoms with van der Waals surface area (Å²) in [5.41, 5.74) is 11.5. The van der Waals surface area contributed by atoms with Crippen LogP contribution in [-0.4, -0.2) is 6.04 Å². The van der Waals surface area contributed by atoms with Gasteiger partial charge in [-0.1, -0.05) is 32.0 Å². The fraction of sp³-hybridized carbons (Fsp3) is 0.538. The maximum absolute atomic E-state index is 7.14. The molecule has 1 atom stereocenters. The Morgan fingerprint density at radius 3 is 2.87 bits per heavy atom. The summed E-state index contributed by atoms with van der Waals surface area (Å²) in [5.74, 6) is 0.574. The molecule has 1 aliphatic rings. The Labute approximate surface area is 91.2 Å². The molecule has 0 spiro atoms. The van der Waals surface area contributed by atoms with Gasteiger partial charge in [0.1, 0.15) is 0 Å². The summed E-state index contributed by atoms with van der Waals surface area (Å²) in [4.78, 5) is 0. The number of benzene rings is 1. The molecule has 0 bridgehead atoms. The van der Waals surface area contributed by atoms with E-state index < -0.39 is 0 Å². The topological polar surface area (TPSA) is 36.2 Å². The third-order valence-corrected chi connectivity index (χ3v) is 3.30. The Hall–Kier alpha value is -1.18. The first kappa shape index (κ1) is 10.3. The summed E-state index contributed by atoms with van der Waals surface area (Å²) in [5, 5.41) is 3.70. The SMILES string of the molecule is CC(C)c1cccc2c1CC(N=N)CC2. The van der Waals surface area contributed by atoms with Gasteiger partial charge in [-0.15, -0.1) is 0 Å². The Morgan fingerprint density at radius 1 is 1.40 bits per heavy atom. The monoisotopic (exact) mass is 202 g/mol. The van der Waals surface area contributed by atoms with E-state index in [9.17, 15) is 0 Å². The molecule has 0 aliphatic heterocycles. The van der Waals surface area contributed by atoms with Gasteiger partial charge in [-0.2, -0.15) is 5.11 Å². The average molecular weight is 202 g/mol. The molecule has 2 nitrogen and oxygen atoms in total. The Bertz CT molecular complexity index is 369. The summed E-state index contributed by atoms with van der Waals surface area (Å²) in [6.45, 7) is 4.47. The Morgan fingerprint density at radius 2 is 2.20 bits per heavy atom. The number of aryl methyl sites for hydroxylation is 1. The van der Waals surface area contributed by atoms with Gasteiger partial charge in [0.05, 0.1) is 6.04 Å². The molecule has 15 heavy (non-hydrogen) atoms. The number of hydrogen-bond acceptors (Lipinski definition) is 2. The highest BCUT2D eigenvalue weighted by atomic mass is 15.0. The van der Waals surface area contributed by atoms with E-state index in [0.717, 1.165) is 19.3 Å². The van der Waals surface area contributed by atoms with Crippen molar-refractivity contribution in [1.82, 2.24) is 0 Å². The van der Waals surface area contributed by atoms with E-state index in [1.54, 1.807) is 0 Å². The van der Waals surface area contributed by atoms with Crippen LogP contribution in [0, 0.1) is 5.53 Å². The molecule has 2 rings (SSSR count). The molecule has 0 radical (unpaired) electrons. The first-order chi connectivity index (χ1) is 7.22. The van der Waals surface area contributed by atoms with Crippen molar-refractivity contribution in [1.29, 1.82) is 5.53 Å². The molecule has 0 saturated carbocycles. The molecular formula is C13H18N2. The molecule has 1 unspecified atom stereocenters. The van der Waals surface area contributed by atoms with E-state index in [0.29, 0.717) is 5.92 Å². The maximum Gasteiger partial charge on any atom is 0.0749 e. The van der Waals surface area contributed by atoms with Crippen LogP contribution in [-0.2, 0) is 12.8 Å². The molecule has 0 fully saturated rings. The van der Waals surface area contributed by atoms with E-state index in [2.05, 4.69) is 37.2 Å². The second kappa shape index (κ2) is 4.13. The summed E-state index contributed by atoms with van der Waals surface area (Å²) in [6, 6.07) is 6.82. The van der Waals surface area contributed by atoms with Crippen LogP contribution in [0.4, 0.5) is 0 Å². The third kappa shape index (κ3) is 1.94. The van der Waals surface area contributed by atoms with Crippen molar-refractivity contribution in [2.45, 2.75) is 45.1 Å². The lowest BCUT2D eigenvalue weighted by Gasteiger charge is -2.24. The molecule has 1 aliphatic carbocycles. The van der Waals surface area contributed by atoms with E-state index in [-0.39, 0.29) is 6.04 Å². The minimum Gasteiger partial charge on any atom is -0.210 e. The summed E-state index contributed by atoms with van der Waals surface area (Å²) in [6.07, 6.45) is 3.09. The smallest absolute Gasteiger partial charge is 0.0749 e. The summed E-state index contributed by atoms with van der Waals surface area (Å²) < 4.78 is 0. The minimum atomic E-state index is 0.220. The normalized spacial score (nSPS) is 20.1. The fourth-order valence-electron chi connectivity index (χ4n) is 2.45. The third-order valence-electron chi connectivity index (χ3n) is 3.30. The largest absolute Gasteiger partial charge is 0.210 e. The molecular weight excluding hydrogens is 184 g/mol. The van der Waals surface area contributed by atoms with E-state index >= 15 is 0 Å². The number of hydrogen-bond donors (Lipinski definition) is 1. The first-order valence-corrected chi connectivity index (χ1v) is 5.69. The van der Waals surface area contributed by atoms with Crippen LogP contribution >= 0.6 is 0 Å². The van der Waals surface area contributed by atoms with Crippen LogP contribution in [0.5, 0.6) is 0 Å². The molecule has 80 valence electrons. The fourth-order valence-corrected chi connectivity index (χ4v) is 2.45. The van der Waals surface area contributed by atoms with E-state index in [1.165, 1.54) is 16.7 Å². The molecule has 1 aromatic rings.